The van der Waals surface area contributed by atoms with Gasteiger partial charge in [0, 0.05) is 6.54 Å². The zero-order valence-electron chi connectivity index (χ0n) is 11.5. The van der Waals surface area contributed by atoms with Crippen LogP contribution in [0.4, 0.5) is 5.82 Å². The van der Waals surface area contributed by atoms with Gasteiger partial charge >= 0.3 is 0 Å². The fourth-order valence-electron chi connectivity index (χ4n) is 2.53. The molecular weight excluding hydrogens is 300 g/mol. The van der Waals surface area contributed by atoms with E-state index in [9.17, 15) is 8.42 Å². The second kappa shape index (κ2) is 4.67. The van der Waals surface area contributed by atoms with Crippen LogP contribution in [0.3, 0.4) is 0 Å². The van der Waals surface area contributed by atoms with Gasteiger partial charge in [0.05, 0.1) is 10.6 Å². The van der Waals surface area contributed by atoms with E-state index in [0.717, 1.165) is 11.3 Å². The van der Waals surface area contributed by atoms with E-state index in [2.05, 4.69) is 15.6 Å². The highest BCUT2D eigenvalue weighted by molar-refractivity contribution is 7.91. The molecule has 0 unspecified atom stereocenters. The van der Waals surface area contributed by atoms with Crippen molar-refractivity contribution < 1.29 is 8.42 Å². The molecule has 0 saturated heterocycles. The van der Waals surface area contributed by atoms with E-state index in [1.807, 2.05) is 24.3 Å². The molecule has 7 heteroatoms. The SMILES string of the molecule is O=S(=O)(c1ccccc1)c1nnn2c1NCc1ccccc1-2. The Balaban J connectivity index is 1.90. The third-order valence-corrected chi connectivity index (χ3v) is 5.29. The van der Waals surface area contributed by atoms with Gasteiger partial charge in [-0.25, -0.2) is 8.42 Å². The molecule has 0 bridgehead atoms. The zero-order chi connectivity index (χ0) is 15.2. The lowest BCUT2D eigenvalue weighted by Gasteiger charge is -2.19. The minimum Gasteiger partial charge on any atom is -0.363 e. The number of fused-ring (bicyclic) bond motifs is 3. The number of nitrogens with zero attached hydrogens (tertiary/aromatic N) is 3. The van der Waals surface area contributed by atoms with Crippen molar-refractivity contribution in [3.63, 3.8) is 0 Å². The Morgan fingerprint density at radius 2 is 1.73 bits per heavy atom. The Morgan fingerprint density at radius 3 is 2.55 bits per heavy atom. The molecule has 3 aromatic rings. The minimum atomic E-state index is -3.70. The molecule has 6 nitrogen and oxygen atoms in total. The average molecular weight is 312 g/mol. The van der Waals surface area contributed by atoms with Crippen molar-refractivity contribution in [1.82, 2.24) is 15.0 Å². The van der Waals surface area contributed by atoms with E-state index in [-0.39, 0.29) is 9.92 Å². The number of benzene rings is 2. The maximum Gasteiger partial charge on any atom is 0.229 e. The second-order valence-electron chi connectivity index (χ2n) is 4.95. The molecule has 1 aromatic heterocycles. The average Bonchev–Trinajstić information content (AvgIpc) is 3.01. The van der Waals surface area contributed by atoms with Crippen LogP contribution in [-0.4, -0.2) is 23.4 Å². The fourth-order valence-corrected chi connectivity index (χ4v) is 3.82. The summed E-state index contributed by atoms with van der Waals surface area (Å²) >= 11 is 0. The first-order valence-electron chi connectivity index (χ1n) is 6.76. The highest BCUT2D eigenvalue weighted by atomic mass is 32.2. The number of aromatic nitrogens is 3. The zero-order valence-corrected chi connectivity index (χ0v) is 12.3. The van der Waals surface area contributed by atoms with Gasteiger partial charge in [-0.1, -0.05) is 41.6 Å². The molecule has 0 aliphatic carbocycles. The summed E-state index contributed by atoms with van der Waals surface area (Å²) in [5, 5.41) is 11.0. The first-order chi connectivity index (χ1) is 10.7. The van der Waals surface area contributed by atoms with Gasteiger partial charge in [-0.2, -0.15) is 4.68 Å². The largest absolute Gasteiger partial charge is 0.363 e. The van der Waals surface area contributed by atoms with Crippen molar-refractivity contribution in [3.8, 4) is 5.69 Å². The first-order valence-corrected chi connectivity index (χ1v) is 8.24. The molecule has 1 aliphatic rings. The molecule has 0 fully saturated rings. The molecule has 22 heavy (non-hydrogen) atoms. The van der Waals surface area contributed by atoms with Gasteiger partial charge < -0.3 is 5.32 Å². The lowest BCUT2D eigenvalue weighted by atomic mass is 10.1. The smallest absolute Gasteiger partial charge is 0.229 e. The van der Waals surface area contributed by atoms with Gasteiger partial charge in [0.2, 0.25) is 14.9 Å². The second-order valence-corrected chi connectivity index (χ2v) is 6.82. The maximum atomic E-state index is 12.7. The molecule has 0 amide bonds. The van der Waals surface area contributed by atoms with Crippen molar-refractivity contribution in [3.05, 3.63) is 60.2 Å². The van der Waals surface area contributed by atoms with E-state index in [1.54, 1.807) is 30.3 Å². The molecule has 1 aliphatic heterocycles. The van der Waals surface area contributed by atoms with Crippen molar-refractivity contribution in [1.29, 1.82) is 0 Å². The van der Waals surface area contributed by atoms with Crippen molar-refractivity contribution in [2.45, 2.75) is 16.5 Å². The van der Waals surface area contributed by atoms with Crippen LogP contribution in [0, 0.1) is 0 Å². The Kier molecular flexibility index (Phi) is 2.77. The van der Waals surface area contributed by atoms with Crippen molar-refractivity contribution in [2.24, 2.45) is 0 Å². The van der Waals surface area contributed by atoms with Crippen molar-refractivity contribution in [2.75, 3.05) is 5.32 Å². The molecule has 0 radical (unpaired) electrons. The highest BCUT2D eigenvalue weighted by Crippen LogP contribution is 2.31. The number of para-hydroxylation sites is 1. The van der Waals surface area contributed by atoms with E-state index in [4.69, 9.17) is 0 Å². The van der Waals surface area contributed by atoms with Crippen LogP contribution in [0.25, 0.3) is 5.69 Å². The normalized spacial score (nSPS) is 13.1. The third kappa shape index (κ3) is 1.82. The fraction of sp³-hybridized carbons (Fsp3) is 0.0667. The maximum absolute atomic E-state index is 12.7. The summed E-state index contributed by atoms with van der Waals surface area (Å²) in [6, 6.07) is 15.9. The third-order valence-electron chi connectivity index (χ3n) is 3.61. The lowest BCUT2D eigenvalue weighted by Crippen LogP contribution is -2.17. The van der Waals surface area contributed by atoms with Gasteiger partial charge in [0.1, 0.15) is 0 Å². The van der Waals surface area contributed by atoms with Crippen LogP contribution in [0.5, 0.6) is 0 Å². The van der Waals surface area contributed by atoms with Gasteiger partial charge in [-0.3, -0.25) is 0 Å². The van der Waals surface area contributed by atoms with Crippen LogP contribution in [-0.2, 0) is 16.4 Å². The van der Waals surface area contributed by atoms with E-state index >= 15 is 0 Å². The number of hydrogen-bond donors (Lipinski definition) is 1. The Bertz CT molecular complexity index is 949. The quantitative estimate of drug-likeness (QED) is 0.783. The summed E-state index contributed by atoms with van der Waals surface area (Å²) < 4.78 is 27.0. The van der Waals surface area contributed by atoms with Gasteiger partial charge in [0.25, 0.3) is 0 Å². The summed E-state index contributed by atoms with van der Waals surface area (Å²) in [6.45, 7) is 0.543. The Labute approximate surface area is 127 Å². The van der Waals surface area contributed by atoms with Crippen LogP contribution < -0.4 is 5.32 Å². The van der Waals surface area contributed by atoms with Crippen LogP contribution >= 0.6 is 0 Å². The number of anilines is 1. The molecule has 0 saturated carbocycles. The van der Waals surface area contributed by atoms with Crippen LogP contribution in [0.15, 0.2) is 64.5 Å². The van der Waals surface area contributed by atoms with Gasteiger partial charge in [-0.15, -0.1) is 5.10 Å². The number of sulfone groups is 1. The Morgan fingerprint density at radius 1 is 1.00 bits per heavy atom. The molecule has 4 rings (SSSR count). The molecule has 2 heterocycles. The summed E-state index contributed by atoms with van der Waals surface area (Å²) in [5.74, 6) is 0.405. The molecular formula is C15H12N4O2S. The summed E-state index contributed by atoms with van der Waals surface area (Å²) in [5.41, 5.74) is 1.89. The molecule has 0 atom stereocenters. The molecule has 0 spiro atoms. The summed E-state index contributed by atoms with van der Waals surface area (Å²) in [4.78, 5) is 0.207. The van der Waals surface area contributed by atoms with Crippen LogP contribution in [0.1, 0.15) is 5.56 Å². The van der Waals surface area contributed by atoms with E-state index in [0.29, 0.717) is 12.4 Å². The van der Waals surface area contributed by atoms with Gasteiger partial charge in [-0.05, 0) is 23.8 Å². The summed E-state index contributed by atoms with van der Waals surface area (Å²) in [6.07, 6.45) is 0. The standard InChI is InChI=1S/C15H12N4O2S/c20-22(21,12-7-2-1-3-8-12)15-14-16-10-11-6-4-5-9-13(11)19(14)18-17-15/h1-9,16H,10H2. The Hall–Kier alpha value is -2.67. The number of hydrogen-bond acceptors (Lipinski definition) is 5. The predicted molar refractivity (Wildman–Crippen MR) is 80.6 cm³/mol. The monoisotopic (exact) mass is 312 g/mol. The topological polar surface area (TPSA) is 76.9 Å². The van der Waals surface area contributed by atoms with Crippen molar-refractivity contribution >= 4 is 15.7 Å². The molecule has 1 N–H and O–H groups in total. The summed E-state index contributed by atoms with van der Waals surface area (Å²) in [7, 11) is -3.70. The number of rotatable bonds is 2. The van der Waals surface area contributed by atoms with E-state index < -0.39 is 9.84 Å². The van der Waals surface area contributed by atoms with E-state index in [1.165, 1.54) is 4.68 Å². The lowest BCUT2D eigenvalue weighted by molar-refractivity contribution is 0.592. The predicted octanol–water partition coefficient (Wildman–Crippen LogP) is 2.03. The van der Waals surface area contributed by atoms with Crippen LogP contribution in [0.2, 0.25) is 0 Å². The molecule has 2 aromatic carbocycles. The van der Waals surface area contributed by atoms with Gasteiger partial charge in [0.15, 0.2) is 5.82 Å². The first kappa shape index (κ1) is 13.0. The number of nitrogens with one attached hydrogen (secondary N) is 1. The highest BCUT2D eigenvalue weighted by Gasteiger charge is 2.30. The minimum absolute atomic E-state index is 0.0480. The molecule has 110 valence electrons.